The van der Waals surface area contributed by atoms with E-state index in [9.17, 15) is 14.7 Å². The number of epoxide rings is 1. The Morgan fingerprint density at radius 2 is 1.90 bits per heavy atom. The average molecular weight is 309 g/mol. The Balaban J connectivity index is 1.89. The molecule has 1 heterocycles. The van der Waals surface area contributed by atoms with Crippen LogP contribution >= 0.6 is 11.6 Å². The Morgan fingerprint density at radius 3 is 2.52 bits per heavy atom. The number of hydrogen-bond donors (Lipinski definition) is 1. The molecule has 0 bridgehead atoms. The van der Waals surface area contributed by atoms with Gasteiger partial charge in [0.05, 0.1) is 12.5 Å². The fourth-order valence-electron chi connectivity index (χ4n) is 3.09. The molecule has 5 heteroatoms. The molecule has 0 radical (unpaired) electrons. The van der Waals surface area contributed by atoms with Crippen molar-refractivity contribution in [3.8, 4) is 0 Å². The molecule has 2 aliphatic rings. The van der Waals surface area contributed by atoms with Crippen LogP contribution in [0.3, 0.4) is 0 Å². The van der Waals surface area contributed by atoms with Crippen LogP contribution in [-0.2, 0) is 9.53 Å². The van der Waals surface area contributed by atoms with Crippen molar-refractivity contribution in [1.82, 2.24) is 0 Å². The van der Waals surface area contributed by atoms with E-state index in [0.29, 0.717) is 30.0 Å². The number of carbonyl (C=O) groups is 2. The maximum atomic E-state index is 12.7. The smallest absolute Gasteiger partial charge is 0.195 e. The van der Waals surface area contributed by atoms with Gasteiger partial charge in [-0.1, -0.05) is 24.4 Å². The molecule has 112 valence electrons. The number of benzene rings is 1. The Hall–Kier alpha value is -1.23. The predicted octanol–water partition coefficient (Wildman–Crippen LogP) is 2.41. The van der Waals surface area contributed by atoms with E-state index in [2.05, 4.69) is 0 Å². The zero-order chi connectivity index (χ0) is 15.0. The third kappa shape index (κ3) is 2.76. The monoisotopic (exact) mass is 308 g/mol. The van der Waals surface area contributed by atoms with Gasteiger partial charge in [-0.15, -0.1) is 0 Å². The van der Waals surface area contributed by atoms with Crippen LogP contribution in [-0.4, -0.2) is 35.0 Å². The van der Waals surface area contributed by atoms with Crippen LogP contribution in [0.25, 0.3) is 0 Å². The highest BCUT2D eigenvalue weighted by Crippen LogP contribution is 2.39. The maximum Gasteiger partial charge on any atom is 0.195 e. The highest BCUT2D eigenvalue weighted by molar-refractivity contribution is 6.30. The molecule has 21 heavy (non-hydrogen) atoms. The molecule has 1 saturated carbocycles. The number of rotatable bonds is 4. The van der Waals surface area contributed by atoms with Crippen molar-refractivity contribution in [3.05, 3.63) is 34.9 Å². The van der Waals surface area contributed by atoms with Gasteiger partial charge in [0.25, 0.3) is 0 Å². The molecule has 3 atom stereocenters. The molecule has 3 unspecified atom stereocenters. The lowest BCUT2D eigenvalue weighted by Gasteiger charge is -2.37. The zero-order valence-electron chi connectivity index (χ0n) is 11.5. The van der Waals surface area contributed by atoms with Crippen molar-refractivity contribution < 1.29 is 19.4 Å². The Bertz CT molecular complexity index is 564. The van der Waals surface area contributed by atoms with Crippen molar-refractivity contribution in [1.29, 1.82) is 0 Å². The van der Waals surface area contributed by atoms with Crippen LogP contribution in [0, 0.1) is 5.92 Å². The minimum atomic E-state index is -1.62. The molecular weight excluding hydrogens is 292 g/mol. The second kappa shape index (κ2) is 5.52. The average Bonchev–Trinajstić information content (AvgIpc) is 3.32. The minimum absolute atomic E-state index is 0.139. The van der Waals surface area contributed by atoms with Crippen molar-refractivity contribution in [3.63, 3.8) is 0 Å². The molecule has 1 aliphatic heterocycles. The van der Waals surface area contributed by atoms with Gasteiger partial charge in [-0.25, -0.2) is 0 Å². The highest BCUT2D eigenvalue weighted by Gasteiger charge is 2.52. The largest absolute Gasteiger partial charge is 0.381 e. The standard InChI is InChI=1S/C16H17ClO4/c17-11-6-4-10(5-7-11)15(19)16(20)8-2-1-3-12(16)14(18)13-9-21-13/h4-7,12-13,20H,1-3,8-9H2. The predicted molar refractivity (Wildman–Crippen MR) is 77.4 cm³/mol. The normalized spacial score (nSPS) is 31.7. The highest BCUT2D eigenvalue weighted by atomic mass is 35.5. The molecule has 2 fully saturated rings. The van der Waals surface area contributed by atoms with Crippen LogP contribution in [0.15, 0.2) is 24.3 Å². The Morgan fingerprint density at radius 1 is 1.24 bits per heavy atom. The second-order valence-electron chi connectivity index (χ2n) is 5.78. The summed E-state index contributed by atoms with van der Waals surface area (Å²) >= 11 is 5.82. The van der Waals surface area contributed by atoms with Crippen molar-refractivity contribution in [2.24, 2.45) is 5.92 Å². The fourth-order valence-corrected chi connectivity index (χ4v) is 3.22. The molecule has 0 aromatic heterocycles. The van der Waals surface area contributed by atoms with Gasteiger partial charge in [0.2, 0.25) is 0 Å². The van der Waals surface area contributed by atoms with Gasteiger partial charge in [0.15, 0.2) is 11.6 Å². The molecule has 0 amide bonds. The Kier molecular flexibility index (Phi) is 3.86. The molecule has 3 rings (SSSR count). The fraction of sp³-hybridized carbons (Fsp3) is 0.500. The number of halogens is 1. The molecular formula is C16H17ClO4. The van der Waals surface area contributed by atoms with Crippen LogP contribution in [0.5, 0.6) is 0 Å². The lowest BCUT2D eigenvalue weighted by atomic mass is 9.69. The SMILES string of the molecule is O=C(C1CO1)C1CCCCC1(O)C(=O)c1ccc(Cl)cc1. The number of ether oxygens (including phenoxy) is 1. The summed E-state index contributed by atoms with van der Waals surface area (Å²) in [5.41, 5.74) is -1.23. The van der Waals surface area contributed by atoms with Crippen LogP contribution in [0.4, 0.5) is 0 Å². The summed E-state index contributed by atoms with van der Waals surface area (Å²) in [6.45, 7) is 0.403. The topological polar surface area (TPSA) is 66.9 Å². The van der Waals surface area contributed by atoms with Gasteiger partial charge in [-0.2, -0.15) is 0 Å². The van der Waals surface area contributed by atoms with Gasteiger partial charge in [-0.3, -0.25) is 9.59 Å². The lowest BCUT2D eigenvalue weighted by molar-refractivity contribution is -0.133. The van der Waals surface area contributed by atoms with E-state index in [-0.39, 0.29) is 5.78 Å². The van der Waals surface area contributed by atoms with Gasteiger partial charge in [0, 0.05) is 10.6 Å². The summed E-state index contributed by atoms with van der Waals surface area (Å²) in [5.74, 6) is -1.20. The maximum absolute atomic E-state index is 12.7. The number of carbonyl (C=O) groups excluding carboxylic acids is 2. The van der Waals surface area contributed by atoms with Gasteiger partial charge >= 0.3 is 0 Å². The van der Waals surface area contributed by atoms with Crippen molar-refractivity contribution >= 4 is 23.2 Å². The summed E-state index contributed by atoms with van der Waals surface area (Å²) in [7, 11) is 0. The number of Topliss-reactive ketones (excluding diaryl/α,β-unsaturated/α-hetero) is 2. The summed E-state index contributed by atoms with van der Waals surface area (Å²) in [6, 6.07) is 6.41. The first-order valence-corrected chi connectivity index (χ1v) is 7.58. The van der Waals surface area contributed by atoms with Crippen molar-refractivity contribution in [2.75, 3.05) is 6.61 Å². The van der Waals surface area contributed by atoms with E-state index in [0.717, 1.165) is 12.8 Å². The number of hydrogen-bond acceptors (Lipinski definition) is 4. The Labute approximate surface area is 128 Å². The van der Waals surface area contributed by atoms with Gasteiger partial charge in [-0.05, 0) is 37.1 Å². The number of ketones is 2. The molecule has 4 nitrogen and oxygen atoms in total. The van der Waals surface area contributed by atoms with Crippen LogP contribution in [0.2, 0.25) is 5.02 Å². The number of aliphatic hydroxyl groups is 1. The van der Waals surface area contributed by atoms with E-state index in [1.54, 1.807) is 24.3 Å². The van der Waals surface area contributed by atoms with E-state index < -0.39 is 23.4 Å². The van der Waals surface area contributed by atoms with Crippen LogP contribution < -0.4 is 0 Å². The van der Waals surface area contributed by atoms with Gasteiger partial charge in [0.1, 0.15) is 11.7 Å². The molecule has 0 spiro atoms. The summed E-state index contributed by atoms with van der Waals surface area (Å²) in [5, 5.41) is 11.4. The molecule has 1 saturated heterocycles. The second-order valence-corrected chi connectivity index (χ2v) is 6.22. The molecule has 1 aromatic carbocycles. The van der Waals surface area contributed by atoms with Crippen molar-refractivity contribution in [2.45, 2.75) is 37.4 Å². The zero-order valence-corrected chi connectivity index (χ0v) is 12.3. The van der Waals surface area contributed by atoms with E-state index in [1.165, 1.54) is 0 Å². The minimum Gasteiger partial charge on any atom is -0.381 e. The van der Waals surface area contributed by atoms with Crippen LogP contribution in [0.1, 0.15) is 36.0 Å². The molecule has 1 aliphatic carbocycles. The first-order chi connectivity index (χ1) is 10.0. The lowest BCUT2D eigenvalue weighted by Crippen LogP contribution is -2.52. The third-order valence-electron chi connectivity index (χ3n) is 4.37. The quantitative estimate of drug-likeness (QED) is 0.685. The third-order valence-corrected chi connectivity index (χ3v) is 4.62. The first-order valence-electron chi connectivity index (χ1n) is 7.20. The summed E-state index contributed by atoms with van der Waals surface area (Å²) < 4.78 is 5.03. The van der Waals surface area contributed by atoms with E-state index >= 15 is 0 Å². The first kappa shape index (κ1) is 14.7. The summed E-state index contributed by atoms with van der Waals surface area (Å²) in [6.07, 6.45) is 2.01. The molecule has 1 aromatic rings. The van der Waals surface area contributed by atoms with E-state index in [1.807, 2.05) is 0 Å². The van der Waals surface area contributed by atoms with E-state index in [4.69, 9.17) is 16.3 Å². The van der Waals surface area contributed by atoms with Gasteiger partial charge < -0.3 is 9.84 Å². The molecule has 1 N–H and O–H groups in total. The summed E-state index contributed by atoms with van der Waals surface area (Å²) in [4.78, 5) is 25.0.